The molecule has 9 heteroatoms. The van der Waals surface area contributed by atoms with Crippen molar-refractivity contribution in [1.29, 1.82) is 0 Å². The molecule has 0 saturated carbocycles. The molecule has 2 N–H and O–H groups in total. The fourth-order valence-corrected chi connectivity index (χ4v) is 4.50. The van der Waals surface area contributed by atoms with Crippen molar-refractivity contribution in [3.63, 3.8) is 0 Å². The lowest BCUT2D eigenvalue weighted by atomic mass is 10.1. The highest BCUT2D eigenvalue weighted by molar-refractivity contribution is 8.01. The molecule has 2 aromatic heterocycles. The minimum absolute atomic E-state index is 0.0565. The Labute approximate surface area is 170 Å². The van der Waals surface area contributed by atoms with E-state index in [9.17, 15) is 14.0 Å². The second-order valence-electron chi connectivity index (χ2n) is 6.25. The van der Waals surface area contributed by atoms with Crippen LogP contribution in [0.1, 0.15) is 44.6 Å². The average molecular weight is 419 g/mol. The van der Waals surface area contributed by atoms with Crippen molar-refractivity contribution in [2.75, 3.05) is 11.1 Å². The van der Waals surface area contributed by atoms with Crippen LogP contribution in [0.5, 0.6) is 0 Å². The quantitative estimate of drug-likeness (QED) is 0.416. The average Bonchev–Trinajstić information content (AvgIpc) is 3.23. The zero-order valence-electron chi connectivity index (χ0n) is 15.6. The third-order valence-electron chi connectivity index (χ3n) is 4.16. The fourth-order valence-electron chi connectivity index (χ4n) is 2.88. The van der Waals surface area contributed by atoms with Gasteiger partial charge in [0.15, 0.2) is 15.9 Å². The van der Waals surface area contributed by atoms with E-state index in [2.05, 4.69) is 20.5 Å². The molecule has 0 saturated heterocycles. The maximum absolute atomic E-state index is 12.9. The molecule has 0 unspecified atom stereocenters. The molecule has 0 aliphatic rings. The number of aromatic amines is 1. The fraction of sp³-hybridized carbons (Fsp3) is 0.263. The van der Waals surface area contributed by atoms with Crippen molar-refractivity contribution >= 4 is 39.8 Å². The number of hydrogen-bond donors (Lipinski definition) is 2. The van der Waals surface area contributed by atoms with Crippen LogP contribution in [0, 0.1) is 19.7 Å². The summed E-state index contributed by atoms with van der Waals surface area (Å²) in [7, 11) is 0. The van der Waals surface area contributed by atoms with Crippen molar-refractivity contribution in [3.8, 4) is 0 Å². The van der Waals surface area contributed by atoms with E-state index in [4.69, 9.17) is 0 Å². The van der Waals surface area contributed by atoms with Gasteiger partial charge in [-0.1, -0.05) is 35.2 Å². The summed E-state index contributed by atoms with van der Waals surface area (Å²) in [6.07, 6.45) is 0. The standard InChI is InChI=1S/C19H19FN4O2S2/c1-10-16(12(3)25)11(2)22-17(10)15(26)9-27-19-24-23-18(28-19)21-8-13-4-6-14(20)7-5-13/h4-7,22H,8-9H2,1-3H3,(H,21,23). The van der Waals surface area contributed by atoms with Crippen LogP contribution in [-0.4, -0.2) is 32.5 Å². The first-order valence-electron chi connectivity index (χ1n) is 8.53. The molecular weight excluding hydrogens is 399 g/mol. The smallest absolute Gasteiger partial charge is 0.206 e. The number of thioether (sulfide) groups is 1. The zero-order valence-corrected chi connectivity index (χ0v) is 17.3. The van der Waals surface area contributed by atoms with Gasteiger partial charge in [-0.2, -0.15) is 0 Å². The number of carbonyl (C=O) groups excluding carboxylic acids is 2. The lowest BCUT2D eigenvalue weighted by molar-refractivity contribution is 0.101. The number of hydrogen-bond acceptors (Lipinski definition) is 7. The predicted molar refractivity (Wildman–Crippen MR) is 109 cm³/mol. The van der Waals surface area contributed by atoms with Gasteiger partial charge in [0.1, 0.15) is 5.82 Å². The maximum Gasteiger partial charge on any atom is 0.206 e. The van der Waals surface area contributed by atoms with Crippen molar-refractivity contribution in [2.45, 2.75) is 31.7 Å². The molecule has 0 bridgehead atoms. The van der Waals surface area contributed by atoms with Crippen molar-refractivity contribution in [3.05, 3.63) is 58.2 Å². The normalized spacial score (nSPS) is 10.9. The van der Waals surface area contributed by atoms with Crippen LogP contribution < -0.4 is 5.32 Å². The Hall–Kier alpha value is -2.52. The first kappa shape index (κ1) is 20.2. The number of nitrogens with one attached hydrogen (secondary N) is 2. The van der Waals surface area contributed by atoms with Gasteiger partial charge in [0.05, 0.1) is 11.4 Å². The van der Waals surface area contributed by atoms with Crippen molar-refractivity contribution in [2.24, 2.45) is 0 Å². The predicted octanol–water partition coefficient (Wildman–Crippen LogP) is 4.41. The van der Waals surface area contributed by atoms with Gasteiger partial charge in [-0.05, 0) is 44.0 Å². The summed E-state index contributed by atoms with van der Waals surface area (Å²) in [4.78, 5) is 27.2. The Kier molecular flexibility index (Phi) is 6.25. The second kappa shape index (κ2) is 8.66. The first-order chi connectivity index (χ1) is 13.3. The van der Waals surface area contributed by atoms with Gasteiger partial charge in [-0.15, -0.1) is 10.2 Å². The first-order valence-corrected chi connectivity index (χ1v) is 10.3. The number of ketones is 2. The molecule has 6 nitrogen and oxygen atoms in total. The molecule has 1 aromatic carbocycles. The Morgan fingerprint density at radius 2 is 1.93 bits per heavy atom. The number of benzene rings is 1. The molecule has 0 radical (unpaired) electrons. The van der Waals surface area contributed by atoms with Crippen molar-refractivity contribution in [1.82, 2.24) is 15.2 Å². The lowest BCUT2D eigenvalue weighted by Crippen LogP contribution is -2.05. The van der Waals surface area contributed by atoms with Crippen LogP contribution in [0.2, 0.25) is 0 Å². The molecule has 0 aliphatic heterocycles. The second-order valence-corrected chi connectivity index (χ2v) is 8.45. The van der Waals surface area contributed by atoms with Crippen LogP contribution in [-0.2, 0) is 6.54 Å². The monoisotopic (exact) mass is 418 g/mol. The molecule has 0 amide bonds. The molecule has 2 heterocycles. The molecule has 0 aliphatic carbocycles. The molecule has 3 aromatic rings. The van der Waals surface area contributed by atoms with Crippen LogP contribution in [0.25, 0.3) is 0 Å². The highest BCUT2D eigenvalue weighted by Gasteiger charge is 2.20. The highest BCUT2D eigenvalue weighted by atomic mass is 32.2. The third kappa shape index (κ3) is 4.66. The SMILES string of the molecule is CC(=O)c1c(C)[nH]c(C(=O)CSc2nnc(NCc3ccc(F)cc3)s2)c1C. The van der Waals surface area contributed by atoms with Gasteiger partial charge in [0, 0.05) is 17.8 Å². The molecule has 0 atom stereocenters. The Morgan fingerprint density at radius 3 is 2.57 bits per heavy atom. The lowest BCUT2D eigenvalue weighted by Gasteiger charge is -2.01. The minimum atomic E-state index is -0.272. The summed E-state index contributed by atoms with van der Waals surface area (Å²) in [5.74, 6) is -0.218. The van der Waals surface area contributed by atoms with Crippen LogP contribution >= 0.6 is 23.1 Å². The zero-order chi connectivity index (χ0) is 20.3. The Balaban J connectivity index is 1.57. The summed E-state index contributed by atoms with van der Waals surface area (Å²) in [6, 6.07) is 6.22. The summed E-state index contributed by atoms with van der Waals surface area (Å²) in [6.45, 7) is 5.57. The van der Waals surface area contributed by atoms with E-state index in [1.165, 1.54) is 42.2 Å². The minimum Gasteiger partial charge on any atom is -0.356 e. The number of rotatable bonds is 8. The van der Waals surface area contributed by atoms with E-state index in [0.717, 1.165) is 5.56 Å². The summed E-state index contributed by atoms with van der Waals surface area (Å²) in [5.41, 5.74) is 3.38. The summed E-state index contributed by atoms with van der Waals surface area (Å²) >= 11 is 2.65. The number of carbonyl (C=O) groups is 2. The van der Waals surface area contributed by atoms with Gasteiger partial charge < -0.3 is 10.3 Å². The van der Waals surface area contributed by atoms with Gasteiger partial charge in [-0.3, -0.25) is 9.59 Å². The number of aromatic nitrogens is 3. The number of aryl methyl sites for hydroxylation is 1. The van der Waals surface area contributed by atoms with Crippen LogP contribution in [0.3, 0.4) is 0 Å². The number of anilines is 1. The van der Waals surface area contributed by atoms with Gasteiger partial charge in [-0.25, -0.2) is 4.39 Å². The van der Waals surface area contributed by atoms with E-state index in [-0.39, 0.29) is 23.1 Å². The number of H-pyrrole nitrogens is 1. The number of Topliss-reactive ketones (excluding diaryl/α,β-unsaturated/α-hetero) is 2. The molecule has 28 heavy (non-hydrogen) atoms. The van der Waals surface area contributed by atoms with Gasteiger partial charge in [0.2, 0.25) is 5.13 Å². The highest BCUT2D eigenvalue weighted by Crippen LogP contribution is 2.27. The van der Waals surface area contributed by atoms with E-state index < -0.39 is 0 Å². The molecular formula is C19H19FN4O2S2. The topological polar surface area (TPSA) is 87.7 Å². The van der Waals surface area contributed by atoms with E-state index >= 15 is 0 Å². The number of nitrogens with zero attached hydrogens (tertiary/aromatic N) is 2. The Morgan fingerprint density at radius 1 is 1.21 bits per heavy atom. The molecule has 146 valence electrons. The largest absolute Gasteiger partial charge is 0.356 e. The third-order valence-corrected chi connectivity index (χ3v) is 6.17. The molecule has 0 spiro atoms. The maximum atomic E-state index is 12.9. The van der Waals surface area contributed by atoms with Crippen LogP contribution in [0.15, 0.2) is 28.6 Å². The number of halogens is 1. The van der Waals surface area contributed by atoms with Gasteiger partial charge >= 0.3 is 0 Å². The van der Waals surface area contributed by atoms with E-state index in [0.29, 0.717) is 38.5 Å². The van der Waals surface area contributed by atoms with Crippen LogP contribution in [0.4, 0.5) is 9.52 Å². The van der Waals surface area contributed by atoms with Gasteiger partial charge in [0.25, 0.3) is 0 Å². The van der Waals surface area contributed by atoms with E-state index in [1.54, 1.807) is 26.0 Å². The Bertz CT molecular complexity index is 1010. The van der Waals surface area contributed by atoms with E-state index in [1.807, 2.05) is 0 Å². The molecule has 3 rings (SSSR count). The van der Waals surface area contributed by atoms with Crippen molar-refractivity contribution < 1.29 is 14.0 Å². The molecule has 0 fully saturated rings. The summed E-state index contributed by atoms with van der Waals surface area (Å²) < 4.78 is 13.6. The summed E-state index contributed by atoms with van der Waals surface area (Å²) in [5, 5.41) is 11.9.